The normalized spacial score (nSPS) is 24.1. The molecule has 1 N–H and O–H groups in total. The van der Waals surface area contributed by atoms with E-state index >= 15 is 0 Å². The minimum absolute atomic E-state index is 0.133. The van der Waals surface area contributed by atoms with E-state index in [0.29, 0.717) is 23.6 Å². The van der Waals surface area contributed by atoms with Gasteiger partial charge in [0, 0.05) is 22.2 Å². The fraction of sp³-hybridized carbons (Fsp3) is 0.375. The van der Waals surface area contributed by atoms with E-state index in [4.69, 9.17) is 57.2 Å². The summed E-state index contributed by atoms with van der Waals surface area (Å²) in [6.07, 6.45) is 0.557. The molecule has 0 bridgehead atoms. The largest absolute Gasteiger partial charge is 0.426 e. The lowest BCUT2D eigenvalue weighted by atomic mass is 9.61. The topological polar surface area (TPSA) is 91.8 Å². The molecular formula is C16H13B2Cl2N2O6P. The Morgan fingerprint density at radius 3 is 2.86 bits per heavy atom. The van der Waals surface area contributed by atoms with Crippen molar-refractivity contribution in [1.29, 1.82) is 0 Å². The van der Waals surface area contributed by atoms with Crippen LogP contribution in [0.25, 0.3) is 0 Å². The summed E-state index contributed by atoms with van der Waals surface area (Å²) in [5.41, 5.74) is -0.538. The number of nitrogens with one attached hydrogen (secondary N) is 1. The first-order chi connectivity index (χ1) is 13.7. The number of aromatic nitrogens is 2. The van der Waals surface area contributed by atoms with Crippen LogP contribution in [0.15, 0.2) is 34.0 Å². The van der Waals surface area contributed by atoms with Gasteiger partial charge in [-0.3, -0.25) is 18.9 Å². The number of hydrogen-bond acceptors (Lipinski definition) is 6. The van der Waals surface area contributed by atoms with Crippen LogP contribution in [0.4, 0.5) is 0 Å². The molecule has 3 heterocycles. The molecule has 8 nitrogen and oxygen atoms in total. The maximum atomic E-state index is 12.0. The van der Waals surface area contributed by atoms with E-state index in [-0.39, 0.29) is 11.6 Å². The third-order valence-corrected chi connectivity index (χ3v) is 6.14. The Labute approximate surface area is 179 Å². The first-order valence-electron chi connectivity index (χ1n) is 8.56. The van der Waals surface area contributed by atoms with Gasteiger partial charge < -0.3 is 13.8 Å². The molecule has 2 aromatic rings. The van der Waals surface area contributed by atoms with E-state index in [1.54, 1.807) is 18.2 Å². The van der Waals surface area contributed by atoms with Crippen molar-refractivity contribution in [3.8, 4) is 5.75 Å². The van der Waals surface area contributed by atoms with Gasteiger partial charge in [-0.15, -0.1) is 0 Å². The van der Waals surface area contributed by atoms with Crippen LogP contribution in [0.1, 0.15) is 24.6 Å². The summed E-state index contributed by atoms with van der Waals surface area (Å²) < 4.78 is 23.9. The van der Waals surface area contributed by atoms with Gasteiger partial charge in [0.25, 0.3) is 5.56 Å². The molecule has 2 aliphatic rings. The van der Waals surface area contributed by atoms with Gasteiger partial charge in [0.05, 0.1) is 12.7 Å². The summed E-state index contributed by atoms with van der Waals surface area (Å²) in [6, 6.07) is 5.14. The molecular weight excluding hydrogens is 440 g/mol. The molecule has 3 atom stereocenters. The Kier molecular flexibility index (Phi) is 5.86. The van der Waals surface area contributed by atoms with Crippen molar-refractivity contribution in [1.82, 2.24) is 9.55 Å². The van der Waals surface area contributed by atoms with Crippen molar-refractivity contribution in [2.75, 3.05) is 0 Å². The summed E-state index contributed by atoms with van der Waals surface area (Å²) in [7, 11) is 10.4. The van der Waals surface area contributed by atoms with Crippen molar-refractivity contribution < 1.29 is 18.3 Å². The molecule has 1 aromatic carbocycles. The molecule has 148 valence electrons. The van der Waals surface area contributed by atoms with Crippen LogP contribution in [0.3, 0.4) is 0 Å². The number of rotatable bonds is 4. The average Bonchev–Trinajstić information content (AvgIpc) is 3.15. The van der Waals surface area contributed by atoms with Gasteiger partial charge in [0.1, 0.15) is 32.7 Å². The van der Waals surface area contributed by atoms with E-state index in [9.17, 15) is 9.59 Å². The molecule has 1 saturated heterocycles. The van der Waals surface area contributed by atoms with Crippen LogP contribution >= 0.6 is 31.8 Å². The Morgan fingerprint density at radius 2 is 2.07 bits per heavy atom. The maximum Gasteiger partial charge on any atom is 0.396 e. The number of benzene rings is 1. The monoisotopic (exact) mass is 452 g/mol. The summed E-state index contributed by atoms with van der Waals surface area (Å²) >= 11 is 11.8. The van der Waals surface area contributed by atoms with Crippen LogP contribution in [-0.4, -0.2) is 36.7 Å². The summed E-state index contributed by atoms with van der Waals surface area (Å²) in [5.74, 6) is 0.571. The Balaban J connectivity index is 1.44. The van der Waals surface area contributed by atoms with Gasteiger partial charge in [-0.05, 0) is 31.0 Å². The molecule has 4 radical (unpaired) electrons. The highest BCUT2D eigenvalue weighted by Gasteiger charge is 2.41. The third-order valence-electron chi connectivity index (χ3n) is 4.49. The van der Waals surface area contributed by atoms with E-state index in [0.717, 1.165) is 5.56 Å². The lowest BCUT2D eigenvalue weighted by Crippen LogP contribution is -2.45. The Hall–Kier alpha value is -1.28. The van der Waals surface area contributed by atoms with Crippen LogP contribution in [0, 0.1) is 0 Å². The highest BCUT2D eigenvalue weighted by molar-refractivity contribution is 7.42. The van der Waals surface area contributed by atoms with Gasteiger partial charge in [-0.1, -0.05) is 23.2 Å². The number of H-pyrrole nitrogens is 1. The maximum absolute atomic E-state index is 12.0. The highest BCUT2D eigenvalue weighted by atomic mass is 35.5. The lowest BCUT2D eigenvalue weighted by Gasteiger charge is -2.36. The molecule has 0 spiro atoms. The first kappa shape index (κ1) is 21.0. The zero-order valence-corrected chi connectivity index (χ0v) is 17.2. The Morgan fingerprint density at radius 1 is 1.28 bits per heavy atom. The van der Waals surface area contributed by atoms with Gasteiger partial charge in [-0.25, -0.2) is 4.79 Å². The van der Waals surface area contributed by atoms with Gasteiger partial charge >= 0.3 is 14.3 Å². The molecule has 0 aliphatic carbocycles. The number of aromatic amines is 1. The van der Waals surface area contributed by atoms with Gasteiger partial charge in [-0.2, -0.15) is 0 Å². The fourth-order valence-corrected chi connectivity index (χ4v) is 4.49. The molecule has 13 heteroatoms. The number of hydrogen-bond donors (Lipinski definition) is 1. The van der Waals surface area contributed by atoms with Crippen molar-refractivity contribution >= 4 is 47.5 Å². The predicted octanol–water partition coefficient (Wildman–Crippen LogP) is 2.36. The molecule has 0 amide bonds. The smallest absolute Gasteiger partial charge is 0.396 e. The SMILES string of the molecule is [B]C([B])(OP1OCc2cc(Cl)ccc2O1)C1CCC(n2cc(Cl)c(=O)[nH]c2=O)O1. The van der Waals surface area contributed by atoms with Crippen molar-refractivity contribution in [2.24, 2.45) is 0 Å². The third kappa shape index (κ3) is 4.43. The van der Waals surface area contributed by atoms with Crippen LogP contribution in [0.5, 0.6) is 5.75 Å². The summed E-state index contributed by atoms with van der Waals surface area (Å²) in [4.78, 5) is 25.6. The predicted molar refractivity (Wildman–Crippen MR) is 109 cm³/mol. The van der Waals surface area contributed by atoms with Crippen molar-refractivity contribution in [3.63, 3.8) is 0 Å². The summed E-state index contributed by atoms with van der Waals surface area (Å²) in [6.45, 7) is 0.233. The Bertz CT molecular complexity index is 1050. The second-order valence-corrected chi connectivity index (χ2v) is 8.50. The lowest BCUT2D eigenvalue weighted by molar-refractivity contribution is -0.0469. The number of ether oxygens (including phenoxy) is 1. The average molecular weight is 453 g/mol. The second-order valence-electron chi connectivity index (χ2n) is 6.59. The first-order valence-corrected chi connectivity index (χ1v) is 10.4. The molecule has 29 heavy (non-hydrogen) atoms. The standard InChI is InChI=1S/C16H13B2Cl2N2O6P/c17-16(18,28-29-25-7-8-5-9(19)1-2-11(8)27-29)12-3-4-13(26-12)22-6-10(20)14(23)21-15(22)24/h1-2,5-6,12-13H,3-4,7H2,(H,21,23,24). The van der Waals surface area contributed by atoms with E-state index in [2.05, 4.69) is 4.98 Å². The zero-order valence-electron chi connectivity index (χ0n) is 14.8. The number of fused-ring (bicyclic) bond motifs is 1. The molecule has 1 fully saturated rings. The van der Waals surface area contributed by atoms with E-state index in [1.165, 1.54) is 10.8 Å². The second kappa shape index (κ2) is 8.10. The summed E-state index contributed by atoms with van der Waals surface area (Å²) in [5, 5.41) is -1.30. The molecule has 4 rings (SSSR count). The highest BCUT2D eigenvalue weighted by Crippen LogP contribution is 2.50. The van der Waals surface area contributed by atoms with Gasteiger partial charge in [0.2, 0.25) is 0 Å². The van der Waals surface area contributed by atoms with Crippen LogP contribution in [0.2, 0.25) is 10.0 Å². The van der Waals surface area contributed by atoms with E-state index < -0.39 is 37.6 Å². The van der Waals surface area contributed by atoms with E-state index in [1.807, 2.05) is 0 Å². The molecule has 0 saturated carbocycles. The molecule has 3 unspecified atom stereocenters. The minimum atomic E-state index is -1.87. The number of nitrogens with zero attached hydrogens (tertiary/aromatic N) is 1. The molecule has 1 aromatic heterocycles. The van der Waals surface area contributed by atoms with Crippen LogP contribution < -0.4 is 15.8 Å². The van der Waals surface area contributed by atoms with Crippen molar-refractivity contribution in [3.05, 3.63) is 60.8 Å². The van der Waals surface area contributed by atoms with Gasteiger partial charge in [0.15, 0.2) is 0 Å². The minimum Gasteiger partial charge on any atom is -0.426 e. The quantitative estimate of drug-likeness (QED) is 0.565. The zero-order chi connectivity index (χ0) is 20.8. The molecule has 2 aliphatic heterocycles. The fourth-order valence-electron chi connectivity index (χ4n) is 3.04. The van der Waals surface area contributed by atoms with Crippen molar-refractivity contribution in [2.45, 2.75) is 37.2 Å². The van der Waals surface area contributed by atoms with Crippen LogP contribution in [-0.2, 0) is 20.4 Å². The number of halogens is 2.